The van der Waals surface area contributed by atoms with Gasteiger partial charge in [-0.05, 0) is 42.0 Å². The predicted molar refractivity (Wildman–Crippen MR) is 114 cm³/mol. The highest BCUT2D eigenvalue weighted by Gasteiger charge is 2.21. The maximum Gasteiger partial charge on any atom is 0.387 e. The van der Waals surface area contributed by atoms with E-state index >= 15 is 0 Å². The van der Waals surface area contributed by atoms with Gasteiger partial charge in [-0.3, -0.25) is 4.79 Å². The normalized spacial score (nSPS) is 11.8. The van der Waals surface area contributed by atoms with Crippen molar-refractivity contribution in [3.63, 3.8) is 0 Å². The Hall–Kier alpha value is -2.98. The first-order chi connectivity index (χ1) is 14.7. The number of carbonyl (C=O) groups is 1. The van der Waals surface area contributed by atoms with Gasteiger partial charge in [-0.2, -0.15) is 13.1 Å². The molecule has 0 heterocycles. The average molecular weight is 454 g/mol. The molecule has 0 aliphatic heterocycles. The van der Waals surface area contributed by atoms with E-state index in [9.17, 15) is 22.0 Å². The van der Waals surface area contributed by atoms with Crippen LogP contribution in [-0.4, -0.2) is 45.4 Å². The van der Waals surface area contributed by atoms with E-state index in [1.807, 2.05) is 0 Å². The largest absolute Gasteiger partial charge is 0.493 e. The molecule has 168 valence electrons. The van der Waals surface area contributed by atoms with Crippen LogP contribution in [-0.2, 0) is 14.8 Å². The number of sulfonamides is 1. The number of alkyl halides is 2. The van der Waals surface area contributed by atoms with Crippen molar-refractivity contribution in [2.45, 2.75) is 25.4 Å². The summed E-state index contributed by atoms with van der Waals surface area (Å²) in [6, 6.07) is 10.2. The summed E-state index contributed by atoms with van der Waals surface area (Å²) in [6.45, 7) is 1.19. The Labute approximate surface area is 180 Å². The summed E-state index contributed by atoms with van der Waals surface area (Å²) >= 11 is 0. The number of methoxy groups -OCH3 is 1. The molecule has 10 heteroatoms. The lowest BCUT2D eigenvalue weighted by Crippen LogP contribution is -2.30. The second-order valence-corrected chi connectivity index (χ2v) is 8.17. The fourth-order valence-corrected chi connectivity index (χ4v) is 4.29. The minimum atomic E-state index is -3.65. The zero-order valence-corrected chi connectivity index (χ0v) is 18.2. The molecule has 2 aromatic rings. The maximum absolute atomic E-state index is 12.6. The maximum atomic E-state index is 12.6. The summed E-state index contributed by atoms with van der Waals surface area (Å²) in [5, 5.41) is 2.60. The highest BCUT2D eigenvalue weighted by atomic mass is 32.2. The molecule has 0 saturated carbocycles. The van der Waals surface area contributed by atoms with E-state index in [1.54, 1.807) is 26.0 Å². The summed E-state index contributed by atoms with van der Waals surface area (Å²) in [7, 11) is -2.34. The third-order valence-electron chi connectivity index (χ3n) is 4.28. The summed E-state index contributed by atoms with van der Waals surface area (Å²) in [6.07, 6.45) is 2.69. The molecule has 0 bridgehead atoms. The molecule has 0 spiro atoms. The molecular formula is C21H24F2N2O5S. The zero-order chi connectivity index (χ0) is 23.0. The first-order valence-corrected chi connectivity index (χ1v) is 10.9. The van der Waals surface area contributed by atoms with Crippen molar-refractivity contribution in [2.75, 3.05) is 25.5 Å². The number of halogens is 2. The Bertz CT molecular complexity index is 1040. The number of anilines is 1. The molecule has 1 N–H and O–H groups in total. The van der Waals surface area contributed by atoms with E-state index in [1.165, 1.54) is 53.9 Å². The van der Waals surface area contributed by atoms with Crippen LogP contribution < -0.4 is 14.8 Å². The Kier molecular flexibility index (Phi) is 8.52. The number of amides is 1. The quantitative estimate of drug-likeness (QED) is 0.549. The molecule has 0 radical (unpaired) electrons. The predicted octanol–water partition coefficient (Wildman–Crippen LogP) is 3.98. The monoisotopic (exact) mass is 454 g/mol. The topological polar surface area (TPSA) is 84.9 Å². The van der Waals surface area contributed by atoms with Gasteiger partial charge in [-0.25, -0.2) is 8.42 Å². The van der Waals surface area contributed by atoms with Crippen molar-refractivity contribution in [1.82, 2.24) is 4.31 Å². The molecule has 0 aliphatic rings. The number of ether oxygens (including phenoxy) is 2. The zero-order valence-electron chi connectivity index (χ0n) is 17.3. The van der Waals surface area contributed by atoms with Crippen LogP contribution in [0.5, 0.6) is 11.5 Å². The van der Waals surface area contributed by atoms with Gasteiger partial charge >= 0.3 is 6.61 Å². The van der Waals surface area contributed by atoms with Crippen LogP contribution in [0.15, 0.2) is 53.4 Å². The molecule has 0 fully saturated rings. The molecule has 31 heavy (non-hydrogen) atoms. The number of rotatable bonds is 10. The van der Waals surface area contributed by atoms with E-state index in [2.05, 4.69) is 10.1 Å². The number of nitrogens with one attached hydrogen (secondary N) is 1. The van der Waals surface area contributed by atoms with Crippen molar-refractivity contribution in [2.24, 2.45) is 0 Å². The summed E-state index contributed by atoms with van der Waals surface area (Å²) in [5.74, 6) is -0.522. The van der Waals surface area contributed by atoms with Crippen LogP contribution in [0.25, 0.3) is 6.08 Å². The third kappa shape index (κ3) is 6.50. The lowest BCUT2D eigenvalue weighted by Gasteiger charge is -2.18. The number of nitrogens with zero attached hydrogens (tertiary/aromatic N) is 1. The SMILES string of the molecule is CCN(CC)S(=O)(=O)c1cccc(NC(=O)/C=C/c2ccc(OC(F)F)c(OC)c2)c1. The molecule has 0 atom stereocenters. The Balaban J connectivity index is 2.14. The lowest BCUT2D eigenvalue weighted by molar-refractivity contribution is -0.111. The molecule has 0 aliphatic carbocycles. The highest BCUT2D eigenvalue weighted by molar-refractivity contribution is 7.89. The lowest BCUT2D eigenvalue weighted by atomic mass is 10.2. The van der Waals surface area contributed by atoms with Crippen LogP contribution >= 0.6 is 0 Å². The Morgan fingerprint density at radius 1 is 1.13 bits per heavy atom. The van der Waals surface area contributed by atoms with Crippen LogP contribution in [0.3, 0.4) is 0 Å². The number of hydrogen-bond acceptors (Lipinski definition) is 5. The van der Waals surface area contributed by atoms with Gasteiger partial charge in [0.05, 0.1) is 12.0 Å². The van der Waals surface area contributed by atoms with Crippen molar-refractivity contribution in [3.8, 4) is 11.5 Å². The Morgan fingerprint density at radius 3 is 2.45 bits per heavy atom. The molecule has 0 saturated heterocycles. The van der Waals surface area contributed by atoms with Crippen LogP contribution in [0.4, 0.5) is 14.5 Å². The summed E-state index contributed by atoms with van der Waals surface area (Å²) in [4.78, 5) is 12.3. The van der Waals surface area contributed by atoms with Gasteiger partial charge in [-0.15, -0.1) is 0 Å². The van der Waals surface area contributed by atoms with Gasteiger partial charge < -0.3 is 14.8 Å². The minimum Gasteiger partial charge on any atom is -0.493 e. The van der Waals surface area contributed by atoms with Gasteiger partial charge in [-0.1, -0.05) is 26.0 Å². The second-order valence-electron chi connectivity index (χ2n) is 6.23. The van der Waals surface area contributed by atoms with Crippen LogP contribution in [0.1, 0.15) is 19.4 Å². The van der Waals surface area contributed by atoms with Gasteiger partial charge in [0, 0.05) is 24.9 Å². The van der Waals surface area contributed by atoms with E-state index in [0.717, 1.165) is 0 Å². The van der Waals surface area contributed by atoms with Crippen molar-refractivity contribution in [3.05, 3.63) is 54.1 Å². The van der Waals surface area contributed by atoms with E-state index in [-0.39, 0.29) is 16.4 Å². The van der Waals surface area contributed by atoms with Gasteiger partial charge in [0.2, 0.25) is 15.9 Å². The Morgan fingerprint density at radius 2 is 1.84 bits per heavy atom. The first-order valence-electron chi connectivity index (χ1n) is 9.43. The van der Waals surface area contributed by atoms with Gasteiger partial charge in [0.25, 0.3) is 0 Å². The third-order valence-corrected chi connectivity index (χ3v) is 6.32. The minimum absolute atomic E-state index is 0.0809. The van der Waals surface area contributed by atoms with Crippen molar-refractivity contribution in [1.29, 1.82) is 0 Å². The standard InChI is InChI=1S/C21H24F2N2O5S/c1-4-25(5-2)31(27,28)17-8-6-7-16(14-17)24-20(26)12-10-15-9-11-18(30-21(22)23)19(13-15)29-3/h6-14,21H,4-5H2,1-3H3,(H,24,26)/b12-10+. The summed E-state index contributed by atoms with van der Waals surface area (Å²) in [5.41, 5.74) is 0.840. The molecule has 0 unspecified atom stereocenters. The van der Waals surface area contributed by atoms with Gasteiger partial charge in [0.1, 0.15) is 0 Å². The number of carbonyl (C=O) groups excluding carboxylic acids is 1. The van der Waals surface area contributed by atoms with Crippen molar-refractivity contribution >= 4 is 27.7 Å². The number of benzene rings is 2. The van der Waals surface area contributed by atoms with Crippen LogP contribution in [0, 0.1) is 0 Å². The smallest absolute Gasteiger partial charge is 0.387 e. The van der Waals surface area contributed by atoms with Gasteiger partial charge in [0.15, 0.2) is 11.5 Å². The molecular weight excluding hydrogens is 430 g/mol. The van der Waals surface area contributed by atoms with E-state index in [4.69, 9.17) is 4.74 Å². The van der Waals surface area contributed by atoms with Crippen LogP contribution in [0.2, 0.25) is 0 Å². The number of hydrogen-bond donors (Lipinski definition) is 1. The molecule has 2 rings (SSSR count). The molecule has 0 aromatic heterocycles. The molecule has 2 aromatic carbocycles. The van der Waals surface area contributed by atoms with Crippen molar-refractivity contribution < 1.29 is 31.5 Å². The highest BCUT2D eigenvalue weighted by Crippen LogP contribution is 2.30. The fraction of sp³-hybridized carbons (Fsp3) is 0.286. The summed E-state index contributed by atoms with van der Waals surface area (Å²) < 4.78 is 60.8. The fourth-order valence-electron chi connectivity index (χ4n) is 2.78. The average Bonchev–Trinajstić information content (AvgIpc) is 2.73. The molecule has 1 amide bonds. The second kappa shape index (κ2) is 10.9. The van der Waals surface area contributed by atoms with E-state index in [0.29, 0.717) is 24.3 Å². The molecule has 7 nitrogen and oxygen atoms in total. The first kappa shape index (κ1) is 24.3. The van der Waals surface area contributed by atoms with E-state index < -0.39 is 22.5 Å².